The van der Waals surface area contributed by atoms with Gasteiger partial charge in [-0.3, -0.25) is 29.6 Å². The van der Waals surface area contributed by atoms with E-state index in [1.165, 1.54) is 19.4 Å². The summed E-state index contributed by atoms with van der Waals surface area (Å²) in [5.41, 5.74) is 23.1. The molecule has 3 aromatic carbocycles. The number of carbonyl (C=O) groups excluding carboxylic acids is 5. The number of hydrogen-bond acceptors (Lipinski definition) is 7. The van der Waals surface area contributed by atoms with E-state index in [0.717, 1.165) is 21.7 Å². The number of aliphatic imine (C=N–C) groups is 1. The van der Waals surface area contributed by atoms with Gasteiger partial charge in [-0.1, -0.05) is 84.9 Å². The fraction of sp³-hybridized carbons (Fsp3) is 0.270. The van der Waals surface area contributed by atoms with Crippen molar-refractivity contribution in [1.82, 2.24) is 36.4 Å². The lowest BCUT2D eigenvalue weighted by Crippen LogP contribution is -2.59. The lowest BCUT2D eigenvalue weighted by Gasteiger charge is -2.27. The first kappa shape index (κ1) is 39.1. The molecule has 11 N–H and O–H groups in total. The number of aromatic amines is 1. The highest BCUT2D eigenvalue weighted by molar-refractivity contribution is 5.94. The van der Waals surface area contributed by atoms with Crippen LogP contribution in [-0.2, 0) is 38.6 Å². The number of nitrogens with one attached hydrogen (secondary N) is 5. The molecule has 0 fully saturated rings. The minimum Gasteiger partial charge on any atom is -0.370 e. The summed E-state index contributed by atoms with van der Waals surface area (Å²) < 4.78 is 0. The van der Waals surface area contributed by atoms with Crippen molar-refractivity contribution >= 4 is 35.6 Å². The zero-order valence-electron chi connectivity index (χ0n) is 29.3. The number of carbonyl (C=O) groups is 5. The maximum absolute atomic E-state index is 14.0. The van der Waals surface area contributed by atoms with Crippen LogP contribution in [0.2, 0.25) is 0 Å². The highest BCUT2D eigenvalue weighted by Crippen LogP contribution is 2.20. The van der Waals surface area contributed by atoms with Crippen LogP contribution in [0.4, 0.5) is 4.79 Å². The van der Waals surface area contributed by atoms with E-state index in [0.29, 0.717) is 11.3 Å². The summed E-state index contributed by atoms with van der Waals surface area (Å²) >= 11 is 0. The highest BCUT2D eigenvalue weighted by Gasteiger charge is 2.31. The lowest BCUT2D eigenvalue weighted by molar-refractivity contribution is -0.134. The Kier molecular flexibility index (Phi) is 14.5. The molecular formula is C37H45N11O5. The molecule has 53 heavy (non-hydrogen) atoms. The van der Waals surface area contributed by atoms with Gasteiger partial charge >= 0.3 is 6.03 Å². The second-order valence-electron chi connectivity index (χ2n) is 12.3. The quantitative estimate of drug-likeness (QED) is 0.0337. The van der Waals surface area contributed by atoms with Crippen molar-refractivity contribution in [3.05, 3.63) is 114 Å². The van der Waals surface area contributed by atoms with Gasteiger partial charge < -0.3 is 38.1 Å². The number of H-pyrrole nitrogens is 1. The van der Waals surface area contributed by atoms with Gasteiger partial charge in [0, 0.05) is 38.2 Å². The van der Waals surface area contributed by atoms with Crippen LogP contribution in [0.5, 0.6) is 0 Å². The number of hydrogen-bond donors (Lipinski definition) is 8. The predicted molar refractivity (Wildman–Crippen MR) is 199 cm³/mol. The molecule has 0 bridgehead atoms. The molecule has 4 rings (SSSR count). The SMILES string of the molecule is CC(=O)N[C@@H](Cc1cnc[nH]1)C(=O)N[C@H](Cc1ccccc1)C(=O)N[C@@H](CCCN=C(N)N)C(=O)NN(Cc1ccc(-c2ccccc2)cc1)C(N)=O. The van der Waals surface area contributed by atoms with Gasteiger partial charge in [-0.25, -0.2) is 14.8 Å². The number of aromatic nitrogens is 2. The van der Waals surface area contributed by atoms with Crippen LogP contribution in [0.3, 0.4) is 0 Å². The molecule has 0 saturated carbocycles. The van der Waals surface area contributed by atoms with E-state index >= 15 is 0 Å². The molecule has 0 radical (unpaired) electrons. The molecule has 6 amide bonds. The zero-order valence-corrected chi connectivity index (χ0v) is 29.3. The summed E-state index contributed by atoms with van der Waals surface area (Å²) in [5.74, 6) is -2.63. The number of urea groups is 1. The Morgan fingerprint density at radius 3 is 1.92 bits per heavy atom. The van der Waals surface area contributed by atoms with Crippen LogP contribution >= 0.6 is 0 Å². The molecule has 0 aliphatic rings. The zero-order chi connectivity index (χ0) is 38.2. The van der Waals surface area contributed by atoms with Crippen molar-refractivity contribution in [2.45, 2.75) is 57.3 Å². The summed E-state index contributed by atoms with van der Waals surface area (Å²) in [6.07, 6.45) is 3.45. The van der Waals surface area contributed by atoms with Crippen LogP contribution in [0.25, 0.3) is 11.1 Å². The lowest BCUT2D eigenvalue weighted by atomic mass is 10.0. The fourth-order valence-corrected chi connectivity index (χ4v) is 5.45. The molecule has 1 aromatic heterocycles. The molecule has 16 nitrogen and oxygen atoms in total. The highest BCUT2D eigenvalue weighted by atomic mass is 16.2. The summed E-state index contributed by atoms with van der Waals surface area (Å²) in [6, 6.07) is 21.8. The summed E-state index contributed by atoms with van der Waals surface area (Å²) in [6.45, 7) is 1.38. The minimum absolute atomic E-state index is 0.0572. The van der Waals surface area contributed by atoms with E-state index in [1.54, 1.807) is 24.3 Å². The first-order valence-corrected chi connectivity index (χ1v) is 16.9. The molecule has 16 heteroatoms. The molecular weight excluding hydrogens is 678 g/mol. The molecule has 278 valence electrons. The van der Waals surface area contributed by atoms with Gasteiger partial charge in [0.25, 0.3) is 5.91 Å². The van der Waals surface area contributed by atoms with Crippen molar-refractivity contribution in [3.8, 4) is 11.1 Å². The summed E-state index contributed by atoms with van der Waals surface area (Å²) in [7, 11) is 0. The Morgan fingerprint density at radius 2 is 1.34 bits per heavy atom. The molecule has 0 unspecified atom stereocenters. The smallest absolute Gasteiger partial charge is 0.333 e. The number of amides is 6. The van der Waals surface area contributed by atoms with E-state index in [4.69, 9.17) is 17.2 Å². The summed E-state index contributed by atoms with van der Waals surface area (Å²) in [4.78, 5) is 76.7. The van der Waals surface area contributed by atoms with Crippen molar-refractivity contribution in [2.75, 3.05) is 6.54 Å². The Balaban J connectivity index is 1.53. The average Bonchev–Trinajstić information content (AvgIpc) is 3.66. The topological polar surface area (TPSA) is 256 Å². The molecule has 1 heterocycles. The molecule has 0 aliphatic heterocycles. The van der Waals surface area contributed by atoms with E-state index < -0.39 is 47.8 Å². The van der Waals surface area contributed by atoms with Crippen LogP contribution in [0.15, 0.2) is 102 Å². The van der Waals surface area contributed by atoms with Crippen LogP contribution in [-0.4, -0.2) is 75.3 Å². The molecule has 3 atom stereocenters. The normalized spacial score (nSPS) is 12.3. The molecule has 0 spiro atoms. The molecule has 0 saturated heterocycles. The molecule has 0 aliphatic carbocycles. The van der Waals surface area contributed by atoms with Crippen molar-refractivity contribution < 1.29 is 24.0 Å². The van der Waals surface area contributed by atoms with E-state index in [9.17, 15) is 24.0 Å². The number of guanidine groups is 1. The number of nitrogens with two attached hydrogens (primary N) is 3. The van der Waals surface area contributed by atoms with Gasteiger partial charge in [0.1, 0.15) is 18.1 Å². The van der Waals surface area contributed by atoms with Gasteiger partial charge in [-0.15, -0.1) is 0 Å². The van der Waals surface area contributed by atoms with Crippen molar-refractivity contribution in [2.24, 2.45) is 22.2 Å². The number of rotatable bonds is 17. The van der Waals surface area contributed by atoms with Gasteiger partial charge in [0.05, 0.1) is 12.9 Å². The third-order valence-corrected chi connectivity index (χ3v) is 8.08. The van der Waals surface area contributed by atoms with Gasteiger partial charge in [-0.05, 0) is 35.1 Å². The maximum Gasteiger partial charge on any atom is 0.333 e. The van der Waals surface area contributed by atoms with E-state index in [2.05, 4.69) is 36.3 Å². The third-order valence-electron chi connectivity index (χ3n) is 8.08. The number of hydrazine groups is 1. The van der Waals surface area contributed by atoms with Crippen LogP contribution in [0, 0.1) is 0 Å². The van der Waals surface area contributed by atoms with E-state index in [-0.39, 0.29) is 44.7 Å². The minimum atomic E-state index is -1.20. The average molecular weight is 724 g/mol. The maximum atomic E-state index is 14.0. The first-order chi connectivity index (χ1) is 25.5. The van der Waals surface area contributed by atoms with E-state index in [1.807, 2.05) is 60.7 Å². The molecule has 4 aromatic rings. The Morgan fingerprint density at radius 1 is 0.736 bits per heavy atom. The number of nitrogens with zero attached hydrogens (tertiary/aromatic N) is 3. The van der Waals surface area contributed by atoms with Crippen molar-refractivity contribution in [3.63, 3.8) is 0 Å². The summed E-state index contributed by atoms with van der Waals surface area (Å²) in [5, 5.41) is 9.04. The second kappa shape index (κ2) is 19.6. The van der Waals surface area contributed by atoms with Gasteiger partial charge in [-0.2, -0.15) is 0 Å². The fourth-order valence-electron chi connectivity index (χ4n) is 5.45. The Labute approximate surface area is 307 Å². The largest absolute Gasteiger partial charge is 0.370 e. The Hall–Kier alpha value is -6.71. The predicted octanol–water partition coefficient (Wildman–Crippen LogP) is 1.00. The van der Waals surface area contributed by atoms with Crippen LogP contribution < -0.4 is 38.6 Å². The van der Waals surface area contributed by atoms with Crippen molar-refractivity contribution in [1.29, 1.82) is 0 Å². The Bertz CT molecular complexity index is 1830. The first-order valence-electron chi connectivity index (χ1n) is 16.9. The number of imidazole rings is 1. The van der Waals surface area contributed by atoms with Gasteiger partial charge in [0.2, 0.25) is 17.7 Å². The van der Waals surface area contributed by atoms with Gasteiger partial charge in [0.15, 0.2) is 5.96 Å². The number of benzene rings is 3. The number of primary amides is 1. The monoisotopic (exact) mass is 723 g/mol. The standard InChI is InChI=1S/C37H45N11O5/c1-24(49)44-32(20-29-21-41-23-43-29)34(51)46-31(19-25-9-4-2-5-10-25)33(50)45-30(13-8-18-42-36(38)39)35(52)47-48(37(40)53)22-26-14-16-28(17-15-26)27-11-6-3-7-12-27/h2-7,9-12,14-17,21,23,30-32H,8,13,18-20,22H2,1H3,(H2,40,53)(H,41,43)(H,44,49)(H,45,50)(H,46,51)(H,47,52)(H4,38,39,42)/t30-,31+,32-/m0/s1. The van der Waals surface area contributed by atoms with Crippen LogP contribution in [0.1, 0.15) is 36.6 Å². The second-order valence-corrected chi connectivity index (χ2v) is 12.3. The third kappa shape index (κ3) is 12.8.